The second kappa shape index (κ2) is 6.06. The topological polar surface area (TPSA) is 46.5 Å². The molecule has 1 N–H and O–H groups in total. The normalized spacial score (nSPS) is 25.7. The van der Waals surface area contributed by atoms with Gasteiger partial charge >= 0.3 is 5.97 Å². The van der Waals surface area contributed by atoms with Gasteiger partial charge in [0.05, 0.1) is 18.1 Å². The lowest BCUT2D eigenvalue weighted by molar-refractivity contribution is -0.165. The second-order valence-electron chi connectivity index (χ2n) is 4.92. The first-order chi connectivity index (χ1) is 9.15. The molecule has 3 nitrogen and oxygen atoms in total. The molecule has 2 atom stereocenters. The molecule has 19 heavy (non-hydrogen) atoms. The van der Waals surface area contributed by atoms with Crippen LogP contribution in [0.15, 0.2) is 24.3 Å². The van der Waals surface area contributed by atoms with Crippen molar-refractivity contribution in [2.24, 2.45) is 5.41 Å². The van der Waals surface area contributed by atoms with Crippen molar-refractivity contribution >= 4 is 21.9 Å². The molecule has 0 heterocycles. The van der Waals surface area contributed by atoms with Crippen LogP contribution in [-0.4, -0.2) is 23.0 Å². The number of carbonyl (C=O) groups excluding carboxylic acids is 1. The number of aliphatic hydroxyl groups is 1. The summed E-state index contributed by atoms with van der Waals surface area (Å²) in [7, 11) is 0. The highest BCUT2D eigenvalue weighted by Gasteiger charge is 2.49. The third-order valence-electron chi connectivity index (χ3n) is 3.94. The van der Waals surface area contributed by atoms with Gasteiger partial charge in [-0.15, -0.1) is 0 Å². The van der Waals surface area contributed by atoms with Gasteiger partial charge in [-0.1, -0.05) is 40.2 Å². The summed E-state index contributed by atoms with van der Waals surface area (Å²) in [4.78, 5) is 12.3. The Morgan fingerprint density at radius 1 is 1.53 bits per heavy atom. The van der Waals surface area contributed by atoms with Gasteiger partial charge in [-0.05, 0) is 37.3 Å². The molecule has 104 valence electrons. The van der Waals surface area contributed by atoms with Crippen molar-refractivity contribution in [1.29, 1.82) is 0 Å². The van der Waals surface area contributed by atoms with Gasteiger partial charge in [0, 0.05) is 5.33 Å². The number of esters is 1. The molecule has 0 bridgehead atoms. The van der Waals surface area contributed by atoms with Crippen LogP contribution in [0.5, 0.6) is 0 Å². The summed E-state index contributed by atoms with van der Waals surface area (Å²) in [5, 5.41) is 11.3. The predicted octanol–water partition coefficient (Wildman–Crippen LogP) is 3.00. The molecular weight excluding hydrogens is 308 g/mol. The molecule has 1 aliphatic rings. The first-order valence-corrected chi connectivity index (χ1v) is 7.77. The Morgan fingerprint density at radius 2 is 2.26 bits per heavy atom. The Kier molecular flexibility index (Phi) is 4.63. The Morgan fingerprint density at radius 3 is 2.95 bits per heavy atom. The number of rotatable bonds is 4. The fourth-order valence-corrected chi connectivity index (χ4v) is 3.55. The van der Waals surface area contributed by atoms with Crippen LogP contribution >= 0.6 is 15.9 Å². The molecule has 1 aromatic rings. The number of hydrogen-bond acceptors (Lipinski definition) is 3. The highest BCUT2D eigenvalue weighted by atomic mass is 79.9. The monoisotopic (exact) mass is 326 g/mol. The van der Waals surface area contributed by atoms with Crippen LogP contribution < -0.4 is 0 Å². The zero-order valence-electron chi connectivity index (χ0n) is 11.1. The van der Waals surface area contributed by atoms with E-state index in [4.69, 9.17) is 4.74 Å². The second-order valence-corrected chi connectivity index (χ2v) is 5.71. The van der Waals surface area contributed by atoms with Crippen LogP contribution in [0.25, 0.3) is 0 Å². The lowest BCUT2D eigenvalue weighted by atomic mass is 9.67. The van der Waals surface area contributed by atoms with Crippen molar-refractivity contribution in [3.05, 3.63) is 35.4 Å². The summed E-state index contributed by atoms with van der Waals surface area (Å²) < 4.78 is 5.20. The smallest absolute Gasteiger partial charge is 0.315 e. The average Bonchev–Trinajstić information content (AvgIpc) is 2.43. The fourth-order valence-electron chi connectivity index (χ4n) is 2.84. The SMILES string of the molecule is CCOC(=O)[C@]1(CCBr)CCc2ccccc2[C@H]1O. The molecule has 0 unspecified atom stereocenters. The molecule has 0 amide bonds. The third-order valence-corrected chi connectivity index (χ3v) is 4.33. The number of benzene rings is 1. The fraction of sp³-hybridized carbons (Fsp3) is 0.533. The summed E-state index contributed by atoms with van der Waals surface area (Å²) >= 11 is 3.39. The molecule has 0 fully saturated rings. The van der Waals surface area contributed by atoms with Crippen LogP contribution in [0.3, 0.4) is 0 Å². The maximum absolute atomic E-state index is 12.3. The summed E-state index contributed by atoms with van der Waals surface area (Å²) in [5.74, 6) is -0.281. The Balaban J connectivity index is 2.38. The van der Waals surface area contributed by atoms with Gasteiger partial charge in [-0.2, -0.15) is 0 Å². The van der Waals surface area contributed by atoms with E-state index in [1.807, 2.05) is 24.3 Å². The number of carbonyl (C=O) groups is 1. The number of fused-ring (bicyclic) bond motifs is 1. The van der Waals surface area contributed by atoms with Crippen LogP contribution in [0, 0.1) is 5.41 Å². The van der Waals surface area contributed by atoms with Gasteiger partial charge in [-0.25, -0.2) is 0 Å². The highest BCUT2D eigenvalue weighted by molar-refractivity contribution is 9.09. The Labute approximate surface area is 122 Å². The van der Waals surface area contributed by atoms with E-state index in [1.165, 1.54) is 0 Å². The number of halogens is 1. The molecule has 0 spiro atoms. The first-order valence-electron chi connectivity index (χ1n) is 6.64. The minimum atomic E-state index is -0.812. The van der Waals surface area contributed by atoms with E-state index in [0.29, 0.717) is 24.8 Å². The zero-order valence-corrected chi connectivity index (χ0v) is 12.6. The van der Waals surface area contributed by atoms with E-state index in [0.717, 1.165) is 17.5 Å². The van der Waals surface area contributed by atoms with Crippen molar-refractivity contribution in [3.8, 4) is 0 Å². The number of aryl methyl sites for hydroxylation is 1. The lowest BCUT2D eigenvalue weighted by Crippen LogP contribution is -2.42. The predicted molar refractivity (Wildman–Crippen MR) is 77.2 cm³/mol. The van der Waals surface area contributed by atoms with E-state index in [2.05, 4.69) is 15.9 Å². The number of aliphatic hydroxyl groups excluding tert-OH is 1. The van der Waals surface area contributed by atoms with Crippen molar-refractivity contribution in [2.45, 2.75) is 32.3 Å². The van der Waals surface area contributed by atoms with E-state index in [-0.39, 0.29) is 5.97 Å². The standard InChI is InChI=1S/C15H19BrO3/c1-2-19-14(18)15(9-10-16)8-7-11-5-3-4-6-12(11)13(15)17/h3-6,13,17H,2,7-10H2,1H3/t13-,15+/m1/s1. The van der Waals surface area contributed by atoms with E-state index >= 15 is 0 Å². The van der Waals surface area contributed by atoms with Crippen molar-refractivity contribution in [1.82, 2.24) is 0 Å². The van der Waals surface area contributed by atoms with E-state index in [9.17, 15) is 9.90 Å². The van der Waals surface area contributed by atoms with Gasteiger partial charge in [0.2, 0.25) is 0 Å². The molecule has 1 aliphatic carbocycles. The molecule has 0 radical (unpaired) electrons. The van der Waals surface area contributed by atoms with Gasteiger partial charge in [-0.3, -0.25) is 4.79 Å². The van der Waals surface area contributed by atoms with Crippen molar-refractivity contribution in [2.75, 3.05) is 11.9 Å². The number of ether oxygens (including phenoxy) is 1. The molecule has 0 saturated carbocycles. The minimum Gasteiger partial charge on any atom is -0.465 e. The quantitative estimate of drug-likeness (QED) is 0.683. The van der Waals surface area contributed by atoms with Crippen LogP contribution in [0.4, 0.5) is 0 Å². The molecule has 4 heteroatoms. The maximum atomic E-state index is 12.3. The molecular formula is C15H19BrO3. The molecule has 1 aromatic carbocycles. The molecule has 0 aliphatic heterocycles. The van der Waals surface area contributed by atoms with Gasteiger partial charge in [0.25, 0.3) is 0 Å². The largest absolute Gasteiger partial charge is 0.465 e. The van der Waals surface area contributed by atoms with Crippen molar-refractivity contribution < 1.29 is 14.6 Å². The summed E-state index contributed by atoms with van der Waals surface area (Å²) in [5.41, 5.74) is 1.18. The van der Waals surface area contributed by atoms with Gasteiger partial charge in [0.1, 0.15) is 0 Å². The summed E-state index contributed by atoms with van der Waals surface area (Å²) in [6.07, 6.45) is 1.24. The third kappa shape index (κ3) is 2.56. The lowest BCUT2D eigenvalue weighted by Gasteiger charge is -2.40. The van der Waals surface area contributed by atoms with Crippen LogP contribution in [0.2, 0.25) is 0 Å². The summed E-state index contributed by atoms with van der Waals surface area (Å²) in [6.45, 7) is 2.14. The highest BCUT2D eigenvalue weighted by Crippen LogP contribution is 2.47. The molecule has 0 aromatic heterocycles. The number of hydrogen-bond donors (Lipinski definition) is 1. The first kappa shape index (κ1) is 14.5. The average molecular weight is 327 g/mol. The van der Waals surface area contributed by atoms with E-state index < -0.39 is 11.5 Å². The minimum absolute atomic E-state index is 0.281. The van der Waals surface area contributed by atoms with E-state index in [1.54, 1.807) is 6.92 Å². The summed E-state index contributed by atoms with van der Waals surface area (Å²) in [6, 6.07) is 7.79. The number of alkyl halides is 1. The maximum Gasteiger partial charge on any atom is 0.315 e. The molecule has 2 rings (SSSR count). The van der Waals surface area contributed by atoms with Gasteiger partial charge in [0.15, 0.2) is 0 Å². The Bertz CT molecular complexity index is 460. The Hall–Kier alpha value is -0.870. The van der Waals surface area contributed by atoms with Gasteiger partial charge < -0.3 is 9.84 Å². The van der Waals surface area contributed by atoms with Crippen LogP contribution in [-0.2, 0) is 16.0 Å². The van der Waals surface area contributed by atoms with Crippen molar-refractivity contribution in [3.63, 3.8) is 0 Å². The van der Waals surface area contributed by atoms with Crippen LogP contribution in [0.1, 0.15) is 37.0 Å². The zero-order chi connectivity index (χ0) is 13.9. The molecule has 0 saturated heterocycles.